The molecule has 1 saturated heterocycles. The van der Waals surface area contributed by atoms with Gasteiger partial charge in [-0.15, -0.1) is 0 Å². The molecule has 5 N–H and O–H groups in total. The quantitative estimate of drug-likeness (QED) is 0.476. The second-order valence-corrected chi connectivity index (χ2v) is 5.28. The van der Waals surface area contributed by atoms with E-state index in [2.05, 4.69) is 10.9 Å². The van der Waals surface area contributed by atoms with Gasteiger partial charge in [-0.25, -0.2) is 5.43 Å². The monoisotopic (exact) mass is 316 g/mol. The fourth-order valence-electron chi connectivity index (χ4n) is 1.98. The summed E-state index contributed by atoms with van der Waals surface area (Å²) >= 11 is 5.73. The number of aliphatic hydroxyl groups excluding tert-OH is 3. The highest BCUT2D eigenvalue weighted by atomic mass is 35.5. The molecule has 1 aromatic carbocycles. The van der Waals surface area contributed by atoms with Crippen LogP contribution < -0.4 is 10.9 Å². The molecule has 1 aromatic rings. The summed E-state index contributed by atoms with van der Waals surface area (Å²) < 4.78 is 5.28. The number of rotatable bonds is 3. The summed E-state index contributed by atoms with van der Waals surface area (Å²) in [5, 5.41) is 29.5. The molecule has 116 valence electrons. The number of ether oxygens (including phenoxy) is 1. The SMILES string of the molecule is C[C@@H]1O[C@H](NNC(=O)c2ccc(Cl)cc2)[C@H](O)[C@@H](O)[C@@H]1O. The maximum Gasteiger partial charge on any atom is 0.265 e. The fourth-order valence-corrected chi connectivity index (χ4v) is 2.11. The minimum Gasteiger partial charge on any atom is -0.388 e. The van der Waals surface area contributed by atoms with E-state index in [0.29, 0.717) is 10.6 Å². The molecule has 0 radical (unpaired) electrons. The smallest absolute Gasteiger partial charge is 0.265 e. The van der Waals surface area contributed by atoms with E-state index in [1.54, 1.807) is 31.2 Å². The van der Waals surface area contributed by atoms with Crippen LogP contribution in [0.25, 0.3) is 0 Å². The molecule has 1 aliphatic rings. The first kappa shape index (κ1) is 16.2. The molecule has 0 spiro atoms. The van der Waals surface area contributed by atoms with Gasteiger partial charge in [-0.05, 0) is 31.2 Å². The first-order valence-corrected chi connectivity index (χ1v) is 6.79. The predicted molar refractivity (Wildman–Crippen MR) is 74.4 cm³/mol. The molecule has 0 bridgehead atoms. The molecule has 1 amide bonds. The van der Waals surface area contributed by atoms with Crippen molar-refractivity contribution in [3.63, 3.8) is 0 Å². The molecule has 0 aromatic heterocycles. The Morgan fingerprint density at radius 3 is 2.38 bits per heavy atom. The Hall–Kier alpha value is -1.22. The van der Waals surface area contributed by atoms with E-state index in [-0.39, 0.29) is 0 Å². The Bertz CT molecular complexity index is 498. The predicted octanol–water partition coefficient (Wildman–Crippen LogP) is -0.598. The molecule has 1 fully saturated rings. The lowest BCUT2D eigenvalue weighted by atomic mass is 9.99. The summed E-state index contributed by atoms with van der Waals surface area (Å²) in [5.41, 5.74) is 5.22. The van der Waals surface area contributed by atoms with Gasteiger partial charge in [0.1, 0.15) is 18.3 Å². The van der Waals surface area contributed by atoms with Gasteiger partial charge in [0.05, 0.1) is 6.10 Å². The minimum atomic E-state index is -1.37. The van der Waals surface area contributed by atoms with Crippen molar-refractivity contribution < 1.29 is 24.9 Å². The van der Waals surface area contributed by atoms with Crippen LogP contribution in [0.2, 0.25) is 5.02 Å². The molecule has 2 rings (SSSR count). The molecule has 8 heteroatoms. The van der Waals surface area contributed by atoms with E-state index in [4.69, 9.17) is 16.3 Å². The molecule has 21 heavy (non-hydrogen) atoms. The molecule has 1 aliphatic heterocycles. The van der Waals surface area contributed by atoms with Crippen molar-refractivity contribution in [2.45, 2.75) is 37.6 Å². The summed E-state index contributed by atoms with van der Waals surface area (Å²) in [6.07, 6.45) is -5.64. The van der Waals surface area contributed by atoms with Crippen molar-refractivity contribution in [3.05, 3.63) is 34.9 Å². The number of hydrazine groups is 1. The van der Waals surface area contributed by atoms with Gasteiger partial charge >= 0.3 is 0 Å². The Morgan fingerprint density at radius 2 is 1.76 bits per heavy atom. The van der Waals surface area contributed by atoms with Crippen LogP contribution in [-0.4, -0.2) is 51.9 Å². The van der Waals surface area contributed by atoms with Crippen LogP contribution >= 0.6 is 11.6 Å². The number of carbonyl (C=O) groups excluding carboxylic acids is 1. The number of carbonyl (C=O) groups is 1. The van der Waals surface area contributed by atoms with Crippen LogP contribution in [0.4, 0.5) is 0 Å². The Labute approximate surface area is 126 Å². The van der Waals surface area contributed by atoms with Crippen LogP contribution in [-0.2, 0) is 4.74 Å². The van der Waals surface area contributed by atoms with Gasteiger partial charge in [-0.2, -0.15) is 0 Å². The summed E-state index contributed by atoms with van der Waals surface area (Å²) in [6.45, 7) is 1.55. The molecule has 1 heterocycles. The Balaban J connectivity index is 1.93. The van der Waals surface area contributed by atoms with Gasteiger partial charge in [0, 0.05) is 10.6 Å². The largest absolute Gasteiger partial charge is 0.388 e. The normalized spacial score (nSPS) is 32.7. The number of nitrogens with one attached hydrogen (secondary N) is 2. The van der Waals surface area contributed by atoms with Crippen molar-refractivity contribution in [3.8, 4) is 0 Å². The zero-order valence-corrected chi connectivity index (χ0v) is 12.0. The highest BCUT2D eigenvalue weighted by molar-refractivity contribution is 6.30. The van der Waals surface area contributed by atoms with Crippen molar-refractivity contribution >= 4 is 17.5 Å². The zero-order chi connectivity index (χ0) is 15.6. The lowest BCUT2D eigenvalue weighted by Gasteiger charge is -2.39. The Morgan fingerprint density at radius 1 is 1.14 bits per heavy atom. The number of hydrogen-bond acceptors (Lipinski definition) is 6. The highest BCUT2D eigenvalue weighted by Crippen LogP contribution is 2.19. The third kappa shape index (κ3) is 3.70. The fraction of sp³-hybridized carbons (Fsp3) is 0.462. The maximum absolute atomic E-state index is 11.9. The molecular formula is C13H17ClN2O5. The average molecular weight is 317 g/mol. The van der Waals surface area contributed by atoms with Crippen LogP contribution in [0.3, 0.4) is 0 Å². The maximum atomic E-state index is 11.9. The van der Waals surface area contributed by atoms with E-state index < -0.39 is 36.6 Å². The zero-order valence-electron chi connectivity index (χ0n) is 11.2. The standard InChI is InChI=1S/C13H17ClN2O5/c1-6-9(17)10(18)11(19)13(21-6)16-15-12(20)7-2-4-8(14)5-3-7/h2-6,9-11,13,16-19H,1H3,(H,15,20)/t6-,9+,10-,11+,13-/m0/s1. The van der Waals surface area contributed by atoms with Crippen LogP contribution in [0, 0.1) is 0 Å². The molecule has 0 aliphatic carbocycles. The van der Waals surface area contributed by atoms with Gasteiger partial charge < -0.3 is 20.1 Å². The first-order valence-electron chi connectivity index (χ1n) is 6.41. The minimum absolute atomic E-state index is 0.367. The first-order chi connectivity index (χ1) is 9.90. The van der Waals surface area contributed by atoms with E-state index in [1.807, 2.05) is 0 Å². The number of benzene rings is 1. The van der Waals surface area contributed by atoms with Gasteiger partial charge in [-0.3, -0.25) is 10.2 Å². The van der Waals surface area contributed by atoms with Gasteiger partial charge in [-0.1, -0.05) is 11.6 Å². The van der Waals surface area contributed by atoms with Crippen molar-refractivity contribution in [2.75, 3.05) is 0 Å². The number of hydrogen-bond donors (Lipinski definition) is 5. The molecular weight excluding hydrogens is 300 g/mol. The second kappa shape index (κ2) is 6.69. The summed E-state index contributed by atoms with van der Waals surface area (Å²) in [5.74, 6) is -0.448. The van der Waals surface area contributed by atoms with Crippen LogP contribution in [0.5, 0.6) is 0 Å². The van der Waals surface area contributed by atoms with Crippen molar-refractivity contribution in [1.29, 1.82) is 0 Å². The lowest BCUT2D eigenvalue weighted by molar-refractivity contribution is -0.226. The van der Waals surface area contributed by atoms with E-state index in [0.717, 1.165) is 0 Å². The second-order valence-electron chi connectivity index (χ2n) is 4.84. The van der Waals surface area contributed by atoms with E-state index >= 15 is 0 Å². The van der Waals surface area contributed by atoms with Crippen molar-refractivity contribution in [1.82, 2.24) is 10.9 Å². The summed E-state index contributed by atoms with van der Waals surface area (Å²) in [7, 11) is 0. The van der Waals surface area contributed by atoms with Gasteiger partial charge in [0.2, 0.25) is 0 Å². The average Bonchev–Trinajstić information content (AvgIpc) is 2.48. The molecule has 0 saturated carbocycles. The van der Waals surface area contributed by atoms with E-state index in [1.165, 1.54) is 0 Å². The van der Waals surface area contributed by atoms with Gasteiger partial charge in [0.25, 0.3) is 5.91 Å². The lowest BCUT2D eigenvalue weighted by Crippen LogP contribution is -2.63. The highest BCUT2D eigenvalue weighted by Gasteiger charge is 2.41. The van der Waals surface area contributed by atoms with Crippen molar-refractivity contribution in [2.24, 2.45) is 0 Å². The summed E-state index contributed by atoms with van der Waals surface area (Å²) in [4.78, 5) is 11.9. The third-order valence-electron chi connectivity index (χ3n) is 3.29. The number of amides is 1. The van der Waals surface area contributed by atoms with E-state index in [9.17, 15) is 20.1 Å². The van der Waals surface area contributed by atoms with Crippen LogP contribution in [0.15, 0.2) is 24.3 Å². The third-order valence-corrected chi connectivity index (χ3v) is 3.54. The molecule has 0 unspecified atom stereocenters. The van der Waals surface area contributed by atoms with Crippen LogP contribution in [0.1, 0.15) is 17.3 Å². The topological polar surface area (TPSA) is 111 Å². The summed E-state index contributed by atoms with van der Waals surface area (Å²) in [6, 6.07) is 6.23. The Kier molecular flexibility index (Phi) is 5.15. The molecule has 7 nitrogen and oxygen atoms in total. The molecule has 5 atom stereocenters. The van der Waals surface area contributed by atoms with Gasteiger partial charge in [0.15, 0.2) is 6.23 Å². The number of aliphatic hydroxyl groups is 3. The number of halogens is 1.